The summed E-state index contributed by atoms with van der Waals surface area (Å²) in [5.41, 5.74) is 1.23. The maximum atomic E-state index is 3.16. The fourth-order valence-corrected chi connectivity index (χ4v) is 0.964. The van der Waals surface area contributed by atoms with E-state index in [0.29, 0.717) is 0 Å². The molecule has 0 saturated heterocycles. The molecule has 1 rings (SSSR count). The number of aromatic amines is 1. The van der Waals surface area contributed by atoms with Gasteiger partial charge in [-0.05, 0) is 12.5 Å². The lowest BCUT2D eigenvalue weighted by Gasteiger charge is -1.87. The molecule has 0 aliphatic carbocycles. The molecule has 11 heavy (non-hydrogen) atoms. The molecule has 0 saturated carbocycles. The fraction of sp³-hybridized carbons (Fsp3) is 0.444. The van der Waals surface area contributed by atoms with Gasteiger partial charge in [-0.2, -0.15) is 0 Å². The third kappa shape index (κ3) is 1.70. The van der Waals surface area contributed by atoms with E-state index in [0.717, 1.165) is 6.42 Å². The first kappa shape index (κ1) is 8.05. The normalized spacial score (nSPS) is 11.2. The van der Waals surface area contributed by atoms with Crippen molar-refractivity contribution >= 4 is 6.08 Å². The van der Waals surface area contributed by atoms with E-state index in [1.54, 1.807) is 0 Å². The Hall–Kier alpha value is -1.05. The van der Waals surface area contributed by atoms with E-state index in [1.807, 2.05) is 6.20 Å². The first-order valence-electron chi connectivity index (χ1n) is 3.96. The lowest BCUT2D eigenvalue weighted by Crippen LogP contribution is -2.32. The van der Waals surface area contributed by atoms with E-state index in [2.05, 4.69) is 42.6 Å². The van der Waals surface area contributed by atoms with Gasteiger partial charge in [0.1, 0.15) is 6.20 Å². The van der Waals surface area contributed by atoms with Crippen molar-refractivity contribution in [3.8, 4) is 0 Å². The second-order valence-electron chi connectivity index (χ2n) is 2.67. The Morgan fingerprint density at radius 3 is 2.82 bits per heavy atom. The van der Waals surface area contributed by atoms with Crippen LogP contribution in [0.5, 0.6) is 0 Å². The minimum atomic E-state index is 1.09. The average molecular weight is 151 g/mol. The van der Waals surface area contributed by atoms with Gasteiger partial charge in [0.25, 0.3) is 5.82 Å². The highest BCUT2D eigenvalue weighted by Gasteiger charge is 2.04. The molecular weight excluding hydrogens is 136 g/mol. The molecule has 2 nitrogen and oxygen atoms in total. The Morgan fingerprint density at radius 2 is 2.36 bits per heavy atom. The third-order valence-corrected chi connectivity index (χ3v) is 1.84. The quantitative estimate of drug-likeness (QED) is 0.619. The number of imidazole rings is 1. The van der Waals surface area contributed by atoms with Gasteiger partial charge < -0.3 is 0 Å². The van der Waals surface area contributed by atoms with E-state index in [9.17, 15) is 0 Å². The highest BCUT2D eigenvalue weighted by Crippen LogP contribution is 1.95. The van der Waals surface area contributed by atoms with E-state index in [-0.39, 0.29) is 0 Å². The Balaban J connectivity index is 2.87. The molecule has 0 atom stereocenters. The smallest absolute Gasteiger partial charge is 0.247 e. The molecule has 1 N–H and O–H groups in total. The summed E-state index contributed by atoms with van der Waals surface area (Å²) in [6.45, 7) is 4.19. The number of aryl methyl sites for hydroxylation is 1. The maximum absolute atomic E-state index is 3.16. The number of rotatable bonds is 2. The SMILES string of the molecule is CCC=Cc1c[nH]c(C)[n+]1C. The van der Waals surface area contributed by atoms with Crippen LogP contribution in [-0.4, -0.2) is 4.98 Å². The van der Waals surface area contributed by atoms with Gasteiger partial charge in [-0.1, -0.05) is 13.0 Å². The minimum absolute atomic E-state index is 1.09. The van der Waals surface area contributed by atoms with Gasteiger partial charge in [0.15, 0.2) is 5.69 Å². The van der Waals surface area contributed by atoms with Crippen LogP contribution in [0.4, 0.5) is 0 Å². The Morgan fingerprint density at radius 1 is 1.64 bits per heavy atom. The van der Waals surface area contributed by atoms with Crippen molar-refractivity contribution in [3.63, 3.8) is 0 Å². The number of nitrogens with one attached hydrogen (secondary N) is 1. The molecule has 60 valence electrons. The van der Waals surface area contributed by atoms with Crippen LogP contribution in [0, 0.1) is 6.92 Å². The van der Waals surface area contributed by atoms with Crippen molar-refractivity contribution < 1.29 is 4.57 Å². The number of hydrogen-bond acceptors (Lipinski definition) is 0. The first-order valence-corrected chi connectivity index (χ1v) is 3.96. The lowest BCUT2D eigenvalue weighted by molar-refractivity contribution is -0.678. The topological polar surface area (TPSA) is 19.7 Å². The van der Waals surface area contributed by atoms with E-state index >= 15 is 0 Å². The van der Waals surface area contributed by atoms with Crippen molar-refractivity contribution in [2.75, 3.05) is 0 Å². The molecular formula is C9H15N2+. The predicted octanol–water partition coefficient (Wildman–Crippen LogP) is 1.57. The molecule has 0 fully saturated rings. The number of allylic oxidation sites excluding steroid dienone is 1. The lowest BCUT2D eigenvalue weighted by atomic mass is 10.3. The summed E-state index contributed by atoms with van der Waals surface area (Å²) in [5.74, 6) is 1.18. The largest absolute Gasteiger partial charge is 0.251 e. The Labute approximate surface area is 67.6 Å². The summed E-state index contributed by atoms with van der Waals surface area (Å²) in [7, 11) is 2.06. The summed E-state index contributed by atoms with van der Waals surface area (Å²) >= 11 is 0. The monoisotopic (exact) mass is 151 g/mol. The van der Waals surface area contributed by atoms with Crippen molar-refractivity contribution in [1.82, 2.24) is 4.98 Å². The minimum Gasteiger partial charge on any atom is -0.247 e. The van der Waals surface area contributed by atoms with E-state index < -0.39 is 0 Å². The maximum Gasteiger partial charge on any atom is 0.251 e. The van der Waals surface area contributed by atoms with Crippen molar-refractivity contribution in [1.29, 1.82) is 0 Å². The number of hydrogen-bond donors (Lipinski definition) is 1. The zero-order valence-electron chi connectivity index (χ0n) is 7.39. The number of H-pyrrole nitrogens is 1. The van der Waals surface area contributed by atoms with Gasteiger partial charge in [-0.3, -0.25) is 0 Å². The molecule has 0 aromatic carbocycles. The van der Waals surface area contributed by atoms with Crippen LogP contribution in [0.1, 0.15) is 24.9 Å². The van der Waals surface area contributed by atoms with E-state index in [1.165, 1.54) is 11.5 Å². The molecule has 1 aromatic heterocycles. The standard InChI is InChI=1S/C9H14N2/c1-4-5-6-9-7-10-8(2)11(9)3/h5-7H,4H2,1-3H3/p+1. The molecule has 0 bridgehead atoms. The fourth-order valence-electron chi connectivity index (χ4n) is 0.964. The van der Waals surface area contributed by atoms with Crippen molar-refractivity contribution in [2.24, 2.45) is 7.05 Å². The van der Waals surface area contributed by atoms with Gasteiger partial charge in [0.2, 0.25) is 0 Å². The van der Waals surface area contributed by atoms with Gasteiger partial charge in [0.05, 0.1) is 7.05 Å². The van der Waals surface area contributed by atoms with Crippen LogP contribution in [-0.2, 0) is 7.05 Å². The van der Waals surface area contributed by atoms with Crippen LogP contribution >= 0.6 is 0 Å². The molecule has 1 aromatic rings. The zero-order chi connectivity index (χ0) is 8.27. The average Bonchev–Trinajstić information content (AvgIpc) is 2.31. The van der Waals surface area contributed by atoms with Crippen LogP contribution < -0.4 is 4.57 Å². The van der Waals surface area contributed by atoms with Crippen LogP contribution in [0.15, 0.2) is 12.3 Å². The zero-order valence-corrected chi connectivity index (χ0v) is 7.39. The van der Waals surface area contributed by atoms with Crippen molar-refractivity contribution in [2.45, 2.75) is 20.3 Å². The summed E-state index contributed by atoms with van der Waals surface area (Å²) in [6, 6.07) is 0. The molecule has 0 spiro atoms. The van der Waals surface area contributed by atoms with Crippen LogP contribution in [0.3, 0.4) is 0 Å². The molecule has 0 unspecified atom stereocenters. The molecule has 0 aliphatic heterocycles. The molecule has 0 amide bonds. The van der Waals surface area contributed by atoms with E-state index in [4.69, 9.17) is 0 Å². The molecule has 1 heterocycles. The summed E-state index contributed by atoms with van der Waals surface area (Å²) in [5, 5.41) is 0. The molecule has 0 radical (unpaired) electrons. The van der Waals surface area contributed by atoms with Gasteiger partial charge in [-0.15, -0.1) is 0 Å². The molecule has 2 heteroatoms. The van der Waals surface area contributed by atoms with Gasteiger partial charge in [-0.25, -0.2) is 9.55 Å². The second-order valence-corrected chi connectivity index (χ2v) is 2.67. The first-order chi connectivity index (χ1) is 5.25. The molecule has 0 aliphatic rings. The third-order valence-electron chi connectivity index (χ3n) is 1.84. The summed E-state index contributed by atoms with van der Waals surface area (Å²) in [6.07, 6.45) is 7.39. The van der Waals surface area contributed by atoms with Gasteiger partial charge in [0, 0.05) is 6.92 Å². The van der Waals surface area contributed by atoms with Crippen molar-refractivity contribution in [3.05, 3.63) is 23.8 Å². The Bertz CT molecular complexity index is 259. The predicted molar refractivity (Wildman–Crippen MR) is 46.0 cm³/mol. The second kappa shape index (κ2) is 3.37. The van der Waals surface area contributed by atoms with Crippen LogP contribution in [0.2, 0.25) is 0 Å². The highest BCUT2D eigenvalue weighted by molar-refractivity contribution is 5.39. The summed E-state index contributed by atoms with van der Waals surface area (Å²) in [4.78, 5) is 3.16. The number of aromatic nitrogens is 2. The van der Waals surface area contributed by atoms with Crippen LogP contribution in [0.25, 0.3) is 6.08 Å². The highest BCUT2D eigenvalue weighted by atomic mass is 15.0. The summed E-state index contributed by atoms with van der Waals surface area (Å²) < 4.78 is 2.13. The Kier molecular flexibility index (Phi) is 2.47. The van der Waals surface area contributed by atoms with Gasteiger partial charge >= 0.3 is 0 Å². The number of nitrogens with zero attached hydrogens (tertiary/aromatic N) is 1.